The van der Waals surface area contributed by atoms with Crippen LogP contribution in [0.1, 0.15) is 44.5 Å². The van der Waals surface area contributed by atoms with E-state index in [-0.39, 0.29) is 5.60 Å². The standard InChI is InChI=1S/C20H24N2O/c1-13-18-12-15-6-5-14-11-16(23-20(2,3)4)7-8-17(14)19(15)22(18)10-9-21-13/h7-8,11-12H,5-6,9-10H2,1-4H3. The highest BCUT2D eigenvalue weighted by atomic mass is 16.5. The van der Waals surface area contributed by atoms with Gasteiger partial charge in [-0.2, -0.15) is 0 Å². The molecule has 1 aromatic carbocycles. The molecule has 2 aliphatic rings. The maximum Gasteiger partial charge on any atom is 0.120 e. The lowest BCUT2D eigenvalue weighted by Gasteiger charge is -2.25. The highest BCUT2D eigenvalue weighted by Gasteiger charge is 2.25. The number of fused-ring (bicyclic) bond motifs is 5. The van der Waals surface area contributed by atoms with Crippen LogP contribution in [0.15, 0.2) is 29.3 Å². The fourth-order valence-corrected chi connectivity index (χ4v) is 3.74. The van der Waals surface area contributed by atoms with E-state index < -0.39 is 0 Å². The van der Waals surface area contributed by atoms with Gasteiger partial charge in [-0.15, -0.1) is 0 Å². The van der Waals surface area contributed by atoms with Gasteiger partial charge in [0.25, 0.3) is 0 Å². The number of aliphatic imine (C=N–C) groups is 1. The SMILES string of the molecule is CC1=NCCn2c1cc1c2-c2ccc(OC(C)(C)C)cc2CC1. The predicted octanol–water partition coefficient (Wildman–Crippen LogP) is 4.25. The van der Waals surface area contributed by atoms with E-state index in [2.05, 4.69) is 61.5 Å². The summed E-state index contributed by atoms with van der Waals surface area (Å²) in [5, 5.41) is 0. The molecule has 0 radical (unpaired) electrons. The van der Waals surface area contributed by atoms with E-state index in [1.54, 1.807) is 0 Å². The Labute approximate surface area is 138 Å². The number of benzene rings is 1. The molecule has 0 saturated carbocycles. The van der Waals surface area contributed by atoms with Crippen LogP contribution >= 0.6 is 0 Å². The van der Waals surface area contributed by atoms with Crippen LogP contribution in [0.4, 0.5) is 0 Å². The van der Waals surface area contributed by atoms with Crippen LogP contribution in [0.5, 0.6) is 5.75 Å². The monoisotopic (exact) mass is 308 g/mol. The summed E-state index contributed by atoms with van der Waals surface area (Å²) < 4.78 is 8.50. The third-order valence-electron chi connectivity index (χ3n) is 4.64. The number of ether oxygens (including phenoxy) is 1. The molecule has 120 valence electrons. The van der Waals surface area contributed by atoms with Gasteiger partial charge in [0.1, 0.15) is 11.4 Å². The van der Waals surface area contributed by atoms with Crippen molar-refractivity contribution in [2.75, 3.05) is 6.54 Å². The number of hydrogen-bond acceptors (Lipinski definition) is 2. The molecule has 4 rings (SSSR count). The summed E-state index contributed by atoms with van der Waals surface area (Å²) in [5.41, 5.74) is 7.94. The molecule has 1 aliphatic heterocycles. The molecule has 0 unspecified atom stereocenters. The molecular formula is C20H24N2O. The minimum absolute atomic E-state index is 0.157. The first-order valence-electron chi connectivity index (χ1n) is 8.48. The quantitative estimate of drug-likeness (QED) is 0.773. The van der Waals surface area contributed by atoms with Crippen molar-refractivity contribution >= 4 is 5.71 Å². The first-order valence-corrected chi connectivity index (χ1v) is 8.48. The van der Waals surface area contributed by atoms with Crippen molar-refractivity contribution in [3.63, 3.8) is 0 Å². The number of aryl methyl sites for hydroxylation is 2. The third-order valence-corrected chi connectivity index (χ3v) is 4.64. The lowest BCUT2D eigenvalue weighted by Crippen LogP contribution is -2.23. The first kappa shape index (κ1) is 14.6. The maximum absolute atomic E-state index is 6.04. The third kappa shape index (κ3) is 2.48. The molecule has 2 heterocycles. The summed E-state index contributed by atoms with van der Waals surface area (Å²) in [6, 6.07) is 8.93. The molecule has 0 spiro atoms. The Kier molecular flexibility index (Phi) is 3.15. The predicted molar refractivity (Wildman–Crippen MR) is 94.7 cm³/mol. The highest BCUT2D eigenvalue weighted by Crippen LogP contribution is 2.38. The van der Waals surface area contributed by atoms with Crippen molar-refractivity contribution in [3.8, 4) is 17.0 Å². The highest BCUT2D eigenvalue weighted by molar-refractivity contribution is 5.99. The van der Waals surface area contributed by atoms with E-state index in [0.717, 1.165) is 31.7 Å². The van der Waals surface area contributed by atoms with E-state index >= 15 is 0 Å². The zero-order chi connectivity index (χ0) is 16.2. The number of rotatable bonds is 1. The van der Waals surface area contributed by atoms with Gasteiger partial charge < -0.3 is 9.30 Å². The first-order chi connectivity index (χ1) is 10.9. The number of hydrogen-bond donors (Lipinski definition) is 0. The van der Waals surface area contributed by atoms with Gasteiger partial charge in [0.15, 0.2) is 0 Å². The average Bonchev–Trinajstić information content (AvgIpc) is 2.86. The molecule has 0 N–H and O–H groups in total. The van der Waals surface area contributed by atoms with Crippen molar-refractivity contribution < 1.29 is 4.74 Å². The molecule has 0 saturated heterocycles. The van der Waals surface area contributed by atoms with Gasteiger partial charge >= 0.3 is 0 Å². The maximum atomic E-state index is 6.04. The summed E-state index contributed by atoms with van der Waals surface area (Å²) in [6.07, 6.45) is 2.19. The summed E-state index contributed by atoms with van der Waals surface area (Å²) in [7, 11) is 0. The van der Waals surface area contributed by atoms with Gasteiger partial charge in [0.05, 0.1) is 23.6 Å². The Morgan fingerprint density at radius 3 is 2.65 bits per heavy atom. The minimum Gasteiger partial charge on any atom is -0.488 e. The smallest absolute Gasteiger partial charge is 0.120 e. The zero-order valence-corrected chi connectivity index (χ0v) is 14.4. The lowest BCUT2D eigenvalue weighted by molar-refractivity contribution is 0.131. The second kappa shape index (κ2) is 4.98. The van der Waals surface area contributed by atoms with Gasteiger partial charge in [0.2, 0.25) is 0 Å². The van der Waals surface area contributed by atoms with Crippen molar-refractivity contribution in [3.05, 3.63) is 41.1 Å². The fraction of sp³-hybridized carbons (Fsp3) is 0.450. The Morgan fingerprint density at radius 2 is 1.87 bits per heavy atom. The topological polar surface area (TPSA) is 26.5 Å². The molecule has 3 heteroatoms. The van der Waals surface area contributed by atoms with Crippen LogP contribution in [0.3, 0.4) is 0 Å². The largest absolute Gasteiger partial charge is 0.488 e. The Morgan fingerprint density at radius 1 is 1.09 bits per heavy atom. The van der Waals surface area contributed by atoms with Crippen molar-refractivity contribution in [2.24, 2.45) is 4.99 Å². The number of aromatic nitrogens is 1. The minimum atomic E-state index is -0.157. The summed E-state index contributed by atoms with van der Waals surface area (Å²) in [5.74, 6) is 0.975. The fourth-order valence-electron chi connectivity index (χ4n) is 3.74. The molecular weight excluding hydrogens is 284 g/mol. The van der Waals surface area contributed by atoms with Crippen molar-refractivity contribution in [1.29, 1.82) is 0 Å². The normalized spacial score (nSPS) is 16.3. The zero-order valence-electron chi connectivity index (χ0n) is 14.4. The molecule has 0 atom stereocenters. The summed E-state index contributed by atoms with van der Waals surface area (Å²) in [6.45, 7) is 10.3. The molecule has 1 aliphatic carbocycles. The van der Waals surface area contributed by atoms with Crippen molar-refractivity contribution in [2.45, 2.75) is 52.7 Å². The van der Waals surface area contributed by atoms with Crippen LogP contribution in [-0.2, 0) is 19.4 Å². The Balaban J connectivity index is 1.80. The molecule has 0 fully saturated rings. The van der Waals surface area contributed by atoms with E-state index in [1.807, 2.05) is 0 Å². The molecule has 0 bridgehead atoms. The second-order valence-electron chi connectivity index (χ2n) is 7.56. The van der Waals surface area contributed by atoms with Gasteiger partial charge in [-0.25, -0.2) is 0 Å². The molecule has 1 aromatic heterocycles. The van der Waals surface area contributed by atoms with Crippen LogP contribution < -0.4 is 4.74 Å². The molecule has 23 heavy (non-hydrogen) atoms. The van der Waals surface area contributed by atoms with Crippen LogP contribution in [0.25, 0.3) is 11.3 Å². The lowest BCUT2D eigenvalue weighted by atomic mass is 9.90. The Hall–Kier alpha value is -2.03. The second-order valence-corrected chi connectivity index (χ2v) is 7.56. The van der Waals surface area contributed by atoms with Gasteiger partial charge in [-0.3, -0.25) is 4.99 Å². The Bertz CT molecular complexity index is 806. The van der Waals surface area contributed by atoms with E-state index in [4.69, 9.17) is 4.74 Å². The van der Waals surface area contributed by atoms with Gasteiger partial charge in [0, 0.05) is 12.1 Å². The summed E-state index contributed by atoms with van der Waals surface area (Å²) >= 11 is 0. The van der Waals surface area contributed by atoms with Crippen LogP contribution in [0, 0.1) is 0 Å². The van der Waals surface area contributed by atoms with E-state index in [0.29, 0.717) is 0 Å². The average molecular weight is 308 g/mol. The van der Waals surface area contributed by atoms with Crippen LogP contribution in [0.2, 0.25) is 0 Å². The van der Waals surface area contributed by atoms with Gasteiger partial charge in [-0.05, 0) is 75.9 Å². The number of nitrogens with zero attached hydrogens (tertiary/aromatic N) is 2. The van der Waals surface area contributed by atoms with E-state index in [9.17, 15) is 0 Å². The molecule has 0 amide bonds. The molecule has 3 nitrogen and oxygen atoms in total. The molecule has 2 aromatic rings. The van der Waals surface area contributed by atoms with Crippen molar-refractivity contribution in [1.82, 2.24) is 4.57 Å². The van der Waals surface area contributed by atoms with E-state index in [1.165, 1.54) is 33.8 Å². The summed E-state index contributed by atoms with van der Waals surface area (Å²) in [4.78, 5) is 4.60. The van der Waals surface area contributed by atoms with Crippen LogP contribution in [-0.4, -0.2) is 22.4 Å². The van der Waals surface area contributed by atoms with Gasteiger partial charge in [-0.1, -0.05) is 0 Å².